The van der Waals surface area contributed by atoms with Crippen LogP contribution in [-0.4, -0.2) is 22.2 Å². The number of carboxylic acid groups (broad SMARTS) is 2. The molecule has 0 aromatic heterocycles. The van der Waals surface area contributed by atoms with Gasteiger partial charge in [0.2, 0.25) is 0 Å². The van der Waals surface area contributed by atoms with Gasteiger partial charge in [0.15, 0.2) is 5.92 Å². The lowest BCUT2D eigenvalue weighted by atomic mass is 9.96. The number of aliphatic carboxylic acids is 2. The first-order chi connectivity index (χ1) is 6.40. The van der Waals surface area contributed by atoms with Gasteiger partial charge in [0.05, 0.1) is 0 Å². The standard InChI is InChI=1S/C10H16O4/c1-4-6(2)5-7(3)8(9(11)12)10(13)14/h5-6,8H,4H2,1-3H3,(H,11,12)(H,13,14). The lowest BCUT2D eigenvalue weighted by Crippen LogP contribution is -2.24. The molecule has 1 atom stereocenters. The highest BCUT2D eigenvalue weighted by Crippen LogP contribution is 2.15. The smallest absolute Gasteiger partial charge is 0.322 e. The number of carboxylic acids is 2. The van der Waals surface area contributed by atoms with Gasteiger partial charge in [0.1, 0.15) is 0 Å². The summed E-state index contributed by atoms with van der Waals surface area (Å²) >= 11 is 0. The molecule has 0 aromatic carbocycles. The fourth-order valence-electron chi connectivity index (χ4n) is 1.16. The maximum Gasteiger partial charge on any atom is 0.322 e. The minimum Gasteiger partial charge on any atom is -0.480 e. The predicted octanol–water partition coefficient (Wildman–Crippen LogP) is 1.76. The minimum atomic E-state index is -1.41. The largest absolute Gasteiger partial charge is 0.480 e. The zero-order valence-corrected chi connectivity index (χ0v) is 8.65. The number of rotatable bonds is 5. The lowest BCUT2D eigenvalue weighted by molar-refractivity contribution is -0.152. The highest BCUT2D eigenvalue weighted by Gasteiger charge is 2.27. The van der Waals surface area contributed by atoms with Crippen molar-refractivity contribution in [2.75, 3.05) is 0 Å². The molecule has 0 amide bonds. The lowest BCUT2D eigenvalue weighted by Gasteiger charge is -2.10. The molecule has 4 heteroatoms. The van der Waals surface area contributed by atoms with E-state index in [4.69, 9.17) is 10.2 Å². The SMILES string of the molecule is CCC(C)C=C(C)C(C(=O)O)C(=O)O. The molecule has 0 heterocycles. The molecule has 0 radical (unpaired) electrons. The first-order valence-corrected chi connectivity index (χ1v) is 4.54. The van der Waals surface area contributed by atoms with E-state index >= 15 is 0 Å². The average molecular weight is 200 g/mol. The van der Waals surface area contributed by atoms with Crippen molar-refractivity contribution in [1.82, 2.24) is 0 Å². The van der Waals surface area contributed by atoms with Crippen molar-refractivity contribution >= 4 is 11.9 Å². The topological polar surface area (TPSA) is 74.6 Å². The first-order valence-electron chi connectivity index (χ1n) is 4.54. The van der Waals surface area contributed by atoms with Crippen LogP contribution >= 0.6 is 0 Å². The van der Waals surface area contributed by atoms with Crippen LogP contribution in [0.4, 0.5) is 0 Å². The quantitative estimate of drug-likeness (QED) is 0.524. The summed E-state index contributed by atoms with van der Waals surface area (Å²) in [6.07, 6.45) is 2.57. The van der Waals surface area contributed by atoms with Gasteiger partial charge in [-0.3, -0.25) is 9.59 Å². The minimum absolute atomic E-state index is 0.205. The van der Waals surface area contributed by atoms with Crippen LogP contribution in [-0.2, 0) is 9.59 Å². The van der Waals surface area contributed by atoms with Gasteiger partial charge in [0, 0.05) is 0 Å². The van der Waals surface area contributed by atoms with E-state index in [9.17, 15) is 9.59 Å². The van der Waals surface area contributed by atoms with Crippen LogP contribution in [0, 0.1) is 11.8 Å². The first kappa shape index (κ1) is 12.7. The Balaban J connectivity index is 4.76. The summed E-state index contributed by atoms with van der Waals surface area (Å²) in [5.74, 6) is -3.83. The fourth-order valence-corrected chi connectivity index (χ4v) is 1.16. The van der Waals surface area contributed by atoms with Crippen molar-refractivity contribution in [3.63, 3.8) is 0 Å². The van der Waals surface area contributed by atoms with E-state index in [0.717, 1.165) is 6.42 Å². The van der Waals surface area contributed by atoms with Gasteiger partial charge < -0.3 is 10.2 Å². The maximum absolute atomic E-state index is 10.6. The van der Waals surface area contributed by atoms with Crippen LogP contribution < -0.4 is 0 Å². The van der Waals surface area contributed by atoms with Gasteiger partial charge in [-0.15, -0.1) is 0 Å². The van der Waals surface area contributed by atoms with Crippen LogP contribution in [0.25, 0.3) is 0 Å². The molecule has 0 rings (SSSR count). The molecule has 4 nitrogen and oxygen atoms in total. The molecular weight excluding hydrogens is 184 g/mol. The fraction of sp³-hybridized carbons (Fsp3) is 0.600. The molecule has 1 unspecified atom stereocenters. The Labute approximate surface area is 83.2 Å². The van der Waals surface area contributed by atoms with Gasteiger partial charge >= 0.3 is 11.9 Å². The molecule has 0 aromatic rings. The summed E-state index contributed by atoms with van der Waals surface area (Å²) in [6.45, 7) is 5.42. The van der Waals surface area contributed by atoms with Crippen molar-refractivity contribution in [2.45, 2.75) is 27.2 Å². The van der Waals surface area contributed by atoms with Gasteiger partial charge in [-0.05, 0) is 12.8 Å². The maximum atomic E-state index is 10.6. The summed E-state index contributed by atoms with van der Waals surface area (Å²) in [4.78, 5) is 21.3. The van der Waals surface area contributed by atoms with Crippen molar-refractivity contribution in [2.24, 2.45) is 11.8 Å². The van der Waals surface area contributed by atoms with Crippen LogP contribution in [0.15, 0.2) is 11.6 Å². The number of hydrogen-bond acceptors (Lipinski definition) is 2. The molecule has 0 aliphatic heterocycles. The van der Waals surface area contributed by atoms with E-state index in [1.165, 1.54) is 0 Å². The van der Waals surface area contributed by atoms with Crippen LogP contribution in [0.1, 0.15) is 27.2 Å². The highest BCUT2D eigenvalue weighted by atomic mass is 16.4. The second-order valence-corrected chi connectivity index (χ2v) is 3.41. The summed E-state index contributed by atoms with van der Waals surface area (Å²) in [5, 5.41) is 17.4. The second-order valence-electron chi connectivity index (χ2n) is 3.41. The van der Waals surface area contributed by atoms with Crippen molar-refractivity contribution in [3.8, 4) is 0 Å². The summed E-state index contributed by atoms with van der Waals surface area (Å²) in [5.41, 5.74) is 0.388. The molecule has 0 fully saturated rings. The Bertz CT molecular complexity index is 241. The van der Waals surface area contributed by atoms with Crippen molar-refractivity contribution in [1.29, 1.82) is 0 Å². The average Bonchev–Trinajstić information content (AvgIpc) is 2.02. The number of hydrogen-bond donors (Lipinski definition) is 2. The molecule has 0 saturated heterocycles. The third-order valence-electron chi connectivity index (χ3n) is 2.14. The second kappa shape index (κ2) is 5.42. The van der Waals surface area contributed by atoms with Crippen molar-refractivity contribution < 1.29 is 19.8 Å². The Morgan fingerprint density at radius 1 is 1.29 bits per heavy atom. The Morgan fingerprint density at radius 3 is 2.00 bits per heavy atom. The summed E-state index contributed by atoms with van der Waals surface area (Å²) < 4.78 is 0. The summed E-state index contributed by atoms with van der Waals surface area (Å²) in [6, 6.07) is 0. The van der Waals surface area contributed by atoms with Crippen LogP contribution in [0.2, 0.25) is 0 Å². The van der Waals surface area contributed by atoms with Crippen LogP contribution in [0.3, 0.4) is 0 Å². The van der Waals surface area contributed by atoms with E-state index in [1.807, 2.05) is 13.8 Å². The number of allylic oxidation sites excluding steroid dienone is 1. The third-order valence-corrected chi connectivity index (χ3v) is 2.14. The van der Waals surface area contributed by atoms with E-state index in [-0.39, 0.29) is 5.92 Å². The zero-order valence-electron chi connectivity index (χ0n) is 8.65. The van der Waals surface area contributed by atoms with Crippen LogP contribution in [0.5, 0.6) is 0 Å². The highest BCUT2D eigenvalue weighted by molar-refractivity contribution is 5.96. The third kappa shape index (κ3) is 3.60. The number of carbonyl (C=O) groups is 2. The van der Waals surface area contributed by atoms with E-state index in [2.05, 4.69) is 0 Å². The summed E-state index contributed by atoms with van der Waals surface area (Å²) in [7, 11) is 0. The Kier molecular flexibility index (Phi) is 4.91. The molecule has 0 aliphatic rings. The molecule has 2 N–H and O–H groups in total. The molecule has 14 heavy (non-hydrogen) atoms. The molecule has 0 aliphatic carbocycles. The zero-order chi connectivity index (χ0) is 11.3. The molecule has 0 spiro atoms. The van der Waals surface area contributed by atoms with Gasteiger partial charge in [-0.2, -0.15) is 0 Å². The Hall–Kier alpha value is -1.32. The molecular formula is C10H16O4. The van der Waals surface area contributed by atoms with E-state index in [1.54, 1.807) is 13.0 Å². The van der Waals surface area contributed by atoms with E-state index < -0.39 is 17.9 Å². The van der Waals surface area contributed by atoms with Crippen molar-refractivity contribution in [3.05, 3.63) is 11.6 Å². The van der Waals surface area contributed by atoms with Gasteiger partial charge in [0.25, 0.3) is 0 Å². The van der Waals surface area contributed by atoms with Gasteiger partial charge in [-0.25, -0.2) is 0 Å². The predicted molar refractivity (Wildman–Crippen MR) is 52.0 cm³/mol. The molecule has 0 saturated carbocycles. The Morgan fingerprint density at radius 2 is 1.71 bits per heavy atom. The monoisotopic (exact) mass is 200 g/mol. The molecule has 80 valence electrons. The molecule has 0 bridgehead atoms. The van der Waals surface area contributed by atoms with Gasteiger partial charge in [-0.1, -0.05) is 31.9 Å². The van der Waals surface area contributed by atoms with E-state index in [0.29, 0.717) is 5.57 Å². The normalized spacial score (nSPS) is 14.1.